The zero-order valence-electron chi connectivity index (χ0n) is 8.00. The zero-order valence-corrected chi connectivity index (χ0v) is 8.00. The molecule has 0 atom stereocenters. The Labute approximate surface area is 78.8 Å². The third-order valence-corrected chi connectivity index (χ3v) is 1.82. The average Bonchev–Trinajstić information content (AvgIpc) is 2.10. The van der Waals surface area contributed by atoms with Crippen molar-refractivity contribution in [1.82, 2.24) is 0 Å². The molecule has 1 aromatic carbocycles. The first-order valence-corrected chi connectivity index (χ1v) is 4.37. The fourth-order valence-corrected chi connectivity index (χ4v) is 1.23. The van der Waals surface area contributed by atoms with Crippen molar-refractivity contribution in [2.75, 3.05) is 6.61 Å². The fraction of sp³-hybridized carbons (Fsp3) is 0.364. The summed E-state index contributed by atoms with van der Waals surface area (Å²) >= 11 is 0. The second-order valence-corrected chi connectivity index (χ2v) is 2.87. The number of hydrogen-bond donors (Lipinski definition) is 0. The van der Waals surface area contributed by atoms with E-state index in [1.165, 1.54) is 0 Å². The lowest BCUT2D eigenvalue weighted by atomic mass is 10.1. The molecule has 0 aliphatic heterocycles. The summed E-state index contributed by atoms with van der Waals surface area (Å²) in [5, 5.41) is 8.50. The molecule has 0 bridgehead atoms. The van der Waals surface area contributed by atoms with E-state index in [2.05, 4.69) is 6.07 Å². The van der Waals surface area contributed by atoms with Crippen LogP contribution in [0.5, 0.6) is 5.75 Å². The molecule has 0 aliphatic rings. The summed E-state index contributed by atoms with van der Waals surface area (Å²) in [6.07, 6.45) is 0.466. The van der Waals surface area contributed by atoms with Crippen molar-refractivity contribution in [3.63, 3.8) is 0 Å². The minimum Gasteiger partial charge on any atom is -0.494 e. The van der Waals surface area contributed by atoms with Gasteiger partial charge in [-0.05, 0) is 31.0 Å². The van der Waals surface area contributed by atoms with E-state index >= 15 is 0 Å². The van der Waals surface area contributed by atoms with Crippen molar-refractivity contribution in [2.24, 2.45) is 0 Å². The van der Waals surface area contributed by atoms with Crippen molar-refractivity contribution in [2.45, 2.75) is 20.3 Å². The maximum Gasteiger partial charge on any atom is 0.122 e. The van der Waals surface area contributed by atoms with Crippen molar-refractivity contribution >= 4 is 0 Å². The maximum atomic E-state index is 8.50. The summed E-state index contributed by atoms with van der Waals surface area (Å²) in [7, 11) is 0. The quantitative estimate of drug-likeness (QED) is 0.707. The van der Waals surface area contributed by atoms with Crippen LogP contribution >= 0.6 is 0 Å². The van der Waals surface area contributed by atoms with E-state index in [1.54, 1.807) is 0 Å². The van der Waals surface area contributed by atoms with Crippen LogP contribution in [0.2, 0.25) is 0 Å². The zero-order chi connectivity index (χ0) is 9.68. The number of ether oxygens (including phenoxy) is 1. The van der Waals surface area contributed by atoms with Gasteiger partial charge in [-0.3, -0.25) is 0 Å². The van der Waals surface area contributed by atoms with Crippen molar-refractivity contribution in [3.8, 4) is 11.8 Å². The van der Waals surface area contributed by atoms with E-state index in [0.29, 0.717) is 13.0 Å². The van der Waals surface area contributed by atoms with Gasteiger partial charge in [-0.2, -0.15) is 5.26 Å². The lowest BCUT2D eigenvalue weighted by Crippen LogP contribution is -1.94. The van der Waals surface area contributed by atoms with Gasteiger partial charge in [0.05, 0.1) is 19.1 Å². The summed E-state index contributed by atoms with van der Waals surface area (Å²) in [6.45, 7) is 4.63. The molecular formula is C11H13NO. The van der Waals surface area contributed by atoms with E-state index in [4.69, 9.17) is 10.00 Å². The largest absolute Gasteiger partial charge is 0.494 e. The van der Waals surface area contributed by atoms with Crippen molar-refractivity contribution < 1.29 is 4.74 Å². The smallest absolute Gasteiger partial charge is 0.122 e. The van der Waals surface area contributed by atoms with Gasteiger partial charge in [0.2, 0.25) is 0 Å². The lowest BCUT2D eigenvalue weighted by molar-refractivity contribution is 0.338. The molecule has 0 saturated heterocycles. The van der Waals surface area contributed by atoms with Crippen LogP contribution in [-0.4, -0.2) is 6.61 Å². The van der Waals surface area contributed by atoms with Gasteiger partial charge >= 0.3 is 0 Å². The molecule has 0 fully saturated rings. The molecule has 0 spiro atoms. The first-order chi connectivity index (χ1) is 6.27. The Balaban J connectivity index is 2.86. The Morgan fingerprint density at radius 3 is 2.77 bits per heavy atom. The number of nitrogens with zero attached hydrogens (tertiary/aromatic N) is 1. The van der Waals surface area contributed by atoms with E-state index < -0.39 is 0 Å². The molecule has 68 valence electrons. The SMILES string of the molecule is CCOc1ccc(CC#N)cc1C. The molecule has 0 heterocycles. The summed E-state index contributed by atoms with van der Waals surface area (Å²) in [4.78, 5) is 0. The van der Waals surface area contributed by atoms with E-state index in [-0.39, 0.29) is 0 Å². The number of rotatable bonds is 3. The molecule has 13 heavy (non-hydrogen) atoms. The van der Waals surface area contributed by atoms with E-state index in [1.807, 2.05) is 32.0 Å². The summed E-state index contributed by atoms with van der Waals surface area (Å²) in [6, 6.07) is 7.97. The van der Waals surface area contributed by atoms with Gasteiger partial charge in [0.15, 0.2) is 0 Å². The minimum atomic E-state index is 0.466. The second-order valence-electron chi connectivity index (χ2n) is 2.87. The average molecular weight is 175 g/mol. The van der Waals surface area contributed by atoms with Crippen LogP contribution < -0.4 is 4.74 Å². The Morgan fingerprint density at radius 1 is 1.46 bits per heavy atom. The molecule has 2 heteroatoms. The van der Waals surface area contributed by atoms with Crippen LogP contribution in [0.25, 0.3) is 0 Å². The van der Waals surface area contributed by atoms with Crippen LogP contribution in [0.15, 0.2) is 18.2 Å². The molecule has 1 rings (SSSR count). The van der Waals surface area contributed by atoms with Gasteiger partial charge in [0, 0.05) is 0 Å². The van der Waals surface area contributed by atoms with Gasteiger partial charge in [-0.15, -0.1) is 0 Å². The molecule has 0 unspecified atom stereocenters. The molecule has 0 saturated carbocycles. The molecule has 0 amide bonds. The molecule has 0 aliphatic carbocycles. The fourth-order valence-electron chi connectivity index (χ4n) is 1.23. The van der Waals surface area contributed by atoms with Crippen LogP contribution in [0.4, 0.5) is 0 Å². The Morgan fingerprint density at radius 2 is 2.23 bits per heavy atom. The van der Waals surface area contributed by atoms with E-state index in [0.717, 1.165) is 16.9 Å². The van der Waals surface area contributed by atoms with Crippen LogP contribution in [0, 0.1) is 18.3 Å². The van der Waals surface area contributed by atoms with Crippen molar-refractivity contribution in [3.05, 3.63) is 29.3 Å². The Kier molecular flexibility index (Phi) is 3.33. The predicted molar refractivity (Wildman–Crippen MR) is 51.7 cm³/mol. The lowest BCUT2D eigenvalue weighted by Gasteiger charge is -2.07. The minimum absolute atomic E-state index is 0.466. The highest BCUT2D eigenvalue weighted by atomic mass is 16.5. The molecular weight excluding hydrogens is 162 g/mol. The molecule has 0 aromatic heterocycles. The first-order valence-electron chi connectivity index (χ1n) is 4.37. The Hall–Kier alpha value is -1.49. The topological polar surface area (TPSA) is 33.0 Å². The van der Waals surface area contributed by atoms with Gasteiger partial charge in [-0.25, -0.2) is 0 Å². The third-order valence-electron chi connectivity index (χ3n) is 1.82. The molecule has 2 nitrogen and oxygen atoms in total. The van der Waals surface area contributed by atoms with Gasteiger partial charge in [0.25, 0.3) is 0 Å². The predicted octanol–water partition coefficient (Wildman–Crippen LogP) is 2.46. The highest BCUT2D eigenvalue weighted by molar-refractivity contribution is 5.37. The highest BCUT2D eigenvalue weighted by Gasteiger charge is 1.99. The Bertz CT molecular complexity index is 325. The summed E-state index contributed by atoms with van der Waals surface area (Å²) < 4.78 is 5.39. The number of benzene rings is 1. The second kappa shape index (κ2) is 4.51. The molecule has 1 aromatic rings. The highest BCUT2D eigenvalue weighted by Crippen LogP contribution is 2.19. The number of nitriles is 1. The monoisotopic (exact) mass is 175 g/mol. The molecule has 0 radical (unpaired) electrons. The molecule has 0 N–H and O–H groups in total. The maximum absolute atomic E-state index is 8.50. The first kappa shape index (κ1) is 9.60. The van der Waals surface area contributed by atoms with Gasteiger partial charge < -0.3 is 4.74 Å². The van der Waals surface area contributed by atoms with Crippen molar-refractivity contribution in [1.29, 1.82) is 5.26 Å². The van der Waals surface area contributed by atoms with Crippen LogP contribution in [0.1, 0.15) is 18.1 Å². The number of hydrogen-bond acceptors (Lipinski definition) is 2. The van der Waals surface area contributed by atoms with Gasteiger partial charge in [0.1, 0.15) is 5.75 Å². The summed E-state index contributed by atoms with van der Waals surface area (Å²) in [5.41, 5.74) is 2.14. The van der Waals surface area contributed by atoms with Gasteiger partial charge in [-0.1, -0.05) is 12.1 Å². The number of aryl methyl sites for hydroxylation is 1. The standard InChI is InChI=1S/C11H13NO/c1-3-13-11-5-4-10(6-7-12)8-9(11)2/h4-5,8H,3,6H2,1-2H3. The van der Waals surface area contributed by atoms with E-state index in [9.17, 15) is 0 Å². The summed E-state index contributed by atoms with van der Waals surface area (Å²) in [5.74, 6) is 0.907. The third kappa shape index (κ3) is 2.48. The van der Waals surface area contributed by atoms with Crippen LogP contribution in [-0.2, 0) is 6.42 Å². The normalized spacial score (nSPS) is 9.31. The van der Waals surface area contributed by atoms with Crippen LogP contribution in [0.3, 0.4) is 0 Å².